The molecule has 2 N–H and O–H groups in total. The smallest absolute Gasteiger partial charge is 0.228 e. The normalized spacial score (nSPS) is 10.6. The molecule has 0 fully saturated rings. The van der Waals surface area contributed by atoms with E-state index in [0.29, 0.717) is 5.69 Å². The van der Waals surface area contributed by atoms with Crippen LogP contribution in [0.2, 0.25) is 0 Å². The predicted octanol–water partition coefficient (Wildman–Crippen LogP) is 3.77. The van der Waals surface area contributed by atoms with Gasteiger partial charge in [0, 0.05) is 0 Å². The molecule has 112 valence electrons. The molecule has 0 unspecified atom stereocenters. The van der Waals surface area contributed by atoms with E-state index in [0.717, 1.165) is 21.8 Å². The summed E-state index contributed by atoms with van der Waals surface area (Å²) in [6.45, 7) is 1.86. The highest BCUT2D eigenvalue weighted by molar-refractivity contribution is 7.13. The number of halogens is 1. The van der Waals surface area contributed by atoms with Crippen LogP contribution in [-0.4, -0.2) is 16.1 Å². The number of rotatable bonds is 4. The number of anilines is 1. The summed E-state index contributed by atoms with van der Waals surface area (Å²) in [5.41, 5.74) is 2.99. The van der Waals surface area contributed by atoms with Crippen molar-refractivity contribution in [1.82, 2.24) is 10.2 Å². The van der Waals surface area contributed by atoms with Crippen LogP contribution in [0.25, 0.3) is 10.6 Å². The van der Waals surface area contributed by atoms with Crippen LogP contribution in [0.3, 0.4) is 0 Å². The summed E-state index contributed by atoms with van der Waals surface area (Å²) in [4.78, 5) is 13.2. The Labute approximate surface area is 131 Å². The SMILES string of the molecule is Cc1[nH]nc(-c2cccs2)c1NC(=O)Cc1ccc(F)cc1. The molecular weight excluding hydrogens is 301 g/mol. The first-order chi connectivity index (χ1) is 10.6. The fourth-order valence-electron chi connectivity index (χ4n) is 2.14. The average molecular weight is 315 g/mol. The third-order valence-corrected chi connectivity index (χ3v) is 4.12. The maximum Gasteiger partial charge on any atom is 0.228 e. The van der Waals surface area contributed by atoms with Crippen LogP contribution in [0.5, 0.6) is 0 Å². The van der Waals surface area contributed by atoms with Gasteiger partial charge in [-0.05, 0) is 36.1 Å². The first kappa shape index (κ1) is 14.5. The third-order valence-electron chi connectivity index (χ3n) is 3.24. The van der Waals surface area contributed by atoms with Gasteiger partial charge >= 0.3 is 0 Å². The molecule has 0 saturated heterocycles. The summed E-state index contributed by atoms with van der Waals surface area (Å²) in [7, 11) is 0. The summed E-state index contributed by atoms with van der Waals surface area (Å²) in [6, 6.07) is 9.81. The Kier molecular flexibility index (Phi) is 4.02. The van der Waals surface area contributed by atoms with Gasteiger partial charge in [0.05, 0.1) is 22.7 Å². The molecular formula is C16H14FN3OS. The molecule has 0 radical (unpaired) electrons. The van der Waals surface area contributed by atoms with Crippen molar-refractivity contribution in [2.45, 2.75) is 13.3 Å². The van der Waals surface area contributed by atoms with Crippen molar-refractivity contribution in [3.63, 3.8) is 0 Å². The zero-order valence-electron chi connectivity index (χ0n) is 11.9. The van der Waals surface area contributed by atoms with E-state index < -0.39 is 0 Å². The maximum absolute atomic E-state index is 12.9. The molecule has 0 bridgehead atoms. The van der Waals surface area contributed by atoms with Crippen molar-refractivity contribution in [3.8, 4) is 10.6 Å². The molecule has 22 heavy (non-hydrogen) atoms. The summed E-state index contributed by atoms with van der Waals surface area (Å²) >= 11 is 1.56. The Hall–Kier alpha value is -2.47. The molecule has 2 aromatic heterocycles. The number of carbonyl (C=O) groups excluding carboxylic acids is 1. The molecule has 0 atom stereocenters. The third kappa shape index (κ3) is 3.07. The lowest BCUT2D eigenvalue weighted by Crippen LogP contribution is -2.15. The van der Waals surface area contributed by atoms with E-state index in [1.165, 1.54) is 12.1 Å². The second-order valence-electron chi connectivity index (χ2n) is 4.90. The number of thiophene rings is 1. The number of aromatic nitrogens is 2. The van der Waals surface area contributed by atoms with Crippen molar-refractivity contribution in [1.29, 1.82) is 0 Å². The second-order valence-corrected chi connectivity index (χ2v) is 5.85. The minimum atomic E-state index is -0.310. The number of aryl methyl sites for hydroxylation is 1. The van der Waals surface area contributed by atoms with Gasteiger partial charge in [-0.1, -0.05) is 18.2 Å². The van der Waals surface area contributed by atoms with Crippen molar-refractivity contribution >= 4 is 22.9 Å². The van der Waals surface area contributed by atoms with E-state index in [1.807, 2.05) is 24.4 Å². The van der Waals surface area contributed by atoms with Crippen LogP contribution < -0.4 is 5.32 Å². The van der Waals surface area contributed by atoms with Gasteiger partial charge in [-0.2, -0.15) is 5.10 Å². The number of amides is 1. The molecule has 0 saturated carbocycles. The Morgan fingerprint density at radius 2 is 2.09 bits per heavy atom. The van der Waals surface area contributed by atoms with Crippen LogP contribution in [-0.2, 0) is 11.2 Å². The standard InChI is InChI=1S/C16H14FN3OS/c1-10-15(16(20-19-10)13-3-2-8-22-13)18-14(21)9-11-4-6-12(17)7-5-11/h2-8H,9H2,1H3,(H,18,21)(H,19,20). The lowest BCUT2D eigenvalue weighted by atomic mass is 10.1. The molecule has 0 spiro atoms. The lowest BCUT2D eigenvalue weighted by molar-refractivity contribution is -0.115. The van der Waals surface area contributed by atoms with Crippen LogP contribution in [0.15, 0.2) is 41.8 Å². The number of nitrogens with zero attached hydrogens (tertiary/aromatic N) is 1. The molecule has 1 aromatic carbocycles. The summed E-state index contributed by atoms with van der Waals surface area (Å²) in [5.74, 6) is -0.469. The van der Waals surface area contributed by atoms with Crippen molar-refractivity contribution < 1.29 is 9.18 Å². The fraction of sp³-hybridized carbons (Fsp3) is 0.125. The van der Waals surface area contributed by atoms with Crippen molar-refractivity contribution in [3.05, 3.63) is 58.9 Å². The van der Waals surface area contributed by atoms with Gasteiger partial charge in [0.25, 0.3) is 0 Å². The van der Waals surface area contributed by atoms with Crippen LogP contribution in [0, 0.1) is 12.7 Å². The summed E-state index contributed by atoms with van der Waals surface area (Å²) in [6.07, 6.45) is 0.189. The number of H-pyrrole nitrogens is 1. The van der Waals surface area contributed by atoms with Gasteiger partial charge < -0.3 is 5.32 Å². The fourth-order valence-corrected chi connectivity index (χ4v) is 2.87. The Morgan fingerprint density at radius 3 is 2.77 bits per heavy atom. The second kappa shape index (κ2) is 6.11. The molecule has 6 heteroatoms. The van der Waals surface area contributed by atoms with Gasteiger partial charge in [0.1, 0.15) is 11.5 Å². The first-order valence-corrected chi connectivity index (χ1v) is 7.64. The maximum atomic E-state index is 12.9. The molecule has 0 aliphatic rings. The zero-order chi connectivity index (χ0) is 15.5. The van der Waals surface area contributed by atoms with Gasteiger partial charge in [-0.15, -0.1) is 11.3 Å². The van der Waals surface area contributed by atoms with E-state index in [9.17, 15) is 9.18 Å². The van der Waals surface area contributed by atoms with Crippen LogP contribution >= 0.6 is 11.3 Å². The molecule has 3 rings (SSSR count). The molecule has 0 aliphatic carbocycles. The lowest BCUT2D eigenvalue weighted by Gasteiger charge is -2.06. The first-order valence-electron chi connectivity index (χ1n) is 6.76. The monoisotopic (exact) mass is 315 g/mol. The zero-order valence-corrected chi connectivity index (χ0v) is 12.7. The van der Waals surface area contributed by atoms with Gasteiger partial charge in [0.15, 0.2) is 0 Å². The van der Waals surface area contributed by atoms with E-state index in [2.05, 4.69) is 15.5 Å². The van der Waals surface area contributed by atoms with Crippen molar-refractivity contribution in [2.24, 2.45) is 0 Å². The Balaban J connectivity index is 1.77. The molecule has 4 nitrogen and oxygen atoms in total. The highest BCUT2D eigenvalue weighted by atomic mass is 32.1. The highest BCUT2D eigenvalue weighted by Gasteiger charge is 2.15. The Bertz CT molecular complexity index is 778. The van der Waals surface area contributed by atoms with E-state index in [-0.39, 0.29) is 18.1 Å². The molecule has 2 heterocycles. The predicted molar refractivity (Wildman–Crippen MR) is 85.4 cm³/mol. The number of benzene rings is 1. The quantitative estimate of drug-likeness (QED) is 0.770. The van der Waals surface area contributed by atoms with Crippen LogP contribution in [0.1, 0.15) is 11.3 Å². The minimum absolute atomic E-state index is 0.158. The van der Waals surface area contributed by atoms with Gasteiger partial charge in [0.2, 0.25) is 5.91 Å². The summed E-state index contributed by atoms with van der Waals surface area (Å²) in [5, 5.41) is 12.0. The van der Waals surface area contributed by atoms with Crippen molar-refractivity contribution in [2.75, 3.05) is 5.32 Å². The van der Waals surface area contributed by atoms with Crippen LogP contribution in [0.4, 0.5) is 10.1 Å². The van der Waals surface area contributed by atoms with E-state index in [4.69, 9.17) is 0 Å². The minimum Gasteiger partial charge on any atom is -0.322 e. The van der Waals surface area contributed by atoms with Gasteiger partial charge in [-0.25, -0.2) is 4.39 Å². The number of hydrogen-bond donors (Lipinski definition) is 2. The highest BCUT2D eigenvalue weighted by Crippen LogP contribution is 2.31. The molecule has 0 aliphatic heterocycles. The largest absolute Gasteiger partial charge is 0.322 e. The summed E-state index contributed by atoms with van der Waals surface area (Å²) < 4.78 is 12.9. The molecule has 1 amide bonds. The van der Waals surface area contributed by atoms with E-state index in [1.54, 1.807) is 23.5 Å². The number of aromatic amines is 1. The van der Waals surface area contributed by atoms with Gasteiger partial charge in [-0.3, -0.25) is 9.89 Å². The average Bonchev–Trinajstić information content (AvgIpc) is 3.12. The number of carbonyl (C=O) groups is 1. The number of hydrogen-bond acceptors (Lipinski definition) is 3. The molecule has 3 aromatic rings. The number of nitrogens with one attached hydrogen (secondary N) is 2. The Morgan fingerprint density at radius 1 is 1.32 bits per heavy atom. The van der Waals surface area contributed by atoms with E-state index >= 15 is 0 Å². The topological polar surface area (TPSA) is 57.8 Å².